The molecule has 0 saturated carbocycles. The number of ketones is 2. The van der Waals surface area contributed by atoms with Crippen LogP contribution in [0.15, 0.2) is 24.3 Å². The minimum atomic E-state index is -0.328. The van der Waals surface area contributed by atoms with Crippen molar-refractivity contribution in [3.05, 3.63) is 35.4 Å². The van der Waals surface area contributed by atoms with Gasteiger partial charge in [-0.2, -0.15) is 11.8 Å². The van der Waals surface area contributed by atoms with Gasteiger partial charge in [0.25, 0.3) is 0 Å². The number of carbonyl (C=O) groups is 2. The Hall–Kier alpha value is -1.09. The van der Waals surface area contributed by atoms with Gasteiger partial charge in [-0.15, -0.1) is 0 Å². The van der Waals surface area contributed by atoms with E-state index >= 15 is 0 Å². The predicted molar refractivity (Wildman–Crippen MR) is 56.8 cm³/mol. The second-order valence-electron chi connectivity index (χ2n) is 3.28. The molecule has 0 N–H and O–H groups in total. The van der Waals surface area contributed by atoms with Gasteiger partial charge >= 0.3 is 0 Å². The lowest BCUT2D eigenvalue weighted by Gasteiger charge is -2.20. The zero-order chi connectivity index (χ0) is 10.1. The Balaban J connectivity index is 2.48. The van der Waals surface area contributed by atoms with Crippen LogP contribution in [0.25, 0.3) is 0 Å². The van der Waals surface area contributed by atoms with Gasteiger partial charge in [-0.25, -0.2) is 0 Å². The van der Waals surface area contributed by atoms with Crippen molar-refractivity contribution in [1.29, 1.82) is 0 Å². The lowest BCUT2D eigenvalue weighted by Crippen LogP contribution is -2.33. The van der Waals surface area contributed by atoms with E-state index in [4.69, 9.17) is 0 Å². The molecular formula is C11H10O2S. The van der Waals surface area contributed by atoms with Crippen LogP contribution >= 0.6 is 11.8 Å². The highest BCUT2D eigenvalue weighted by molar-refractivity contribution is 8.00. The molecule has 1 unspecified atom stereocenters. The highest BCUT2D eigenvalue weighted by Gasteiger charge is 2.32. The smallest absolute Gasteiger partial charge is 0.230 e. The molecule has 2 rings (SSSR count). The Kier molecular flexibility index (Phi) is 2.42. The number of carbonyl (C=O) groups excluding carboxylic acids is 2. The fourth-order valence-electron chi connectivity index (χ4n) is 1.68. The Morgan fingerprint density at radius 3 is 2.71 bits per heavy atom. The van der Waals surface area contributed by atoms with Crippen molar-refractivity contribution < 1.29 is 9.59 Å². The fraction of sp³-hybridized carbons (Fsp3) is 0.273. The predicted octanol–water partition coefficient (Wildman–Crippen LogP) is 1.73. The number of fused-ring (bicyclic) bond motifs is 1. The van der Waals surface area contributed by atoms with Gasteiger partial charge in [-0.05, 0) is 18.2 Å². The lowest BCUT2D eigenvalue weighted by atomic mass is 9.89. The Bertz CT molecular complexity index is 398. The van der Waals surface area contributed by atoms with E-state index in [1.54, 1.807) is 12.1 Å². The molecule has 0 amide bonds. The maximum absolute atomic E-state index is 11.6. The maximum atomic E-state index is 11.6. The summed E-state index contributed by atoms with van der Waals surface area (Å²) < 4.78 is 0. The third-order valence-corrected chi connectivity index (χ3v) is 3.42. The van der Waals surface area contributed by atoms with Gasteiger partial charge in [0, 0.05) is 5.56 Å². The standard InChI is InChI=1S/C11H10O2S/c1-14-9-6-7-4-2-3-5-8(7)10(12)11(9)13/h2-5,9H,6H2,1H3. The number of benzene rings is 1. The highest BCUT2D eigenvalue weighted by Crippen LogP contribution is 2.25. The molecule has 0 fully saturated rings. The molecular weight excluding hydrogens is 196 g/mol. The van der Waals surface area contributed by atoms with Gasteiger partial charge in [0.2, 0.25) is 11.6 Å². The van der Waals surface area contributed by atoms with Crippen molar-refractivity contribution in [2.75, 3.05) is 6.26 Å². The van der Waals surface area contributed by atoms with Crippen molar-refractivity contribution in [1.82, 2.24) is 0 Å². The average molecular weight is 206 g/mol. The molecule has 0 aliphatic heterocycles. The summed E-state index contributed by atoms with van der Waals surface area (Å²) in [6, 6.07) is 7.34. The number of thioether (sulfide) groups is 1. The summed E-state index contributed by atoms with van der Waals surface area (Å²) in [6.45, 7) is 0. The summed E-state index contributed by atoms with van der Waals surface area (Å²) in [5.41, 5.74) is 1.58. The van der Waals surface area contributed by atoms with Crippen LogP contribution in [0, 0.1) is 0 Å². The molecule has 1 aliphatic carbocycles. The molecule has 72 valence electrons. The van der Waals surface area contributed by atoms with E-state index in [1.807, 2.05) is 18.4 Å². The van der Waals surface area contributed by atoms with E-state index in [-0.39, 0.29) is 16.8 Å². The molecule has 0 radical (unpaired) electrons. The maximum Gasteiger partial charge on any atom is 0.230 e. The zero-order valence-electron chi connectivity index (χ0n) is 7.82. The monoisotopic (exact) mass is 206 g/mol. The summed E-state index contributed by atoms with van der Waals surface area (Å²) in [5, 5.41) is -0.183. The van der Waals surface area contributed by atoms with Crippen LogP contribution in [-0.4, -0.2) is 23.1 Å². The first-order chi connectivity index (χ1) is 6.74. The molecule has 0 aromatic heterocycles. The van der Waals surface area contributed by atoms with Gasteiger partial charge in [0.15, 0.2) is 0 Å². The van der Waals surface area contributed by atoms with Crippen LogP contribution in [0.5, 0.6) is 0 Å². The van der Waals surface area contributed by atoms with Crippen molar-refractivity contribution in [3.63, 3.8) is 0 Å². The zero-order valence-corrected chi connectivity index (χ0v) is 8.64. The summed E-state index contributed by atoms with van der Waals surface area (Å²) in [5.74, 6) is -0.581. The van der Waals surface area contributed by atoms with E-state index < -0.39 is 0 Å². The number of Topliss-reactive ketones (excluding diaryl/α,β-unsaturated/α-hetero) is 2. The normalized spacial score (nSPS) is 20.8. The Morgan fingerprint density at radius 2 is 2.00 bits per heavy atom. The van der Waals surface area contributed by atoms with Crippen LogP contribution in [-0.2, 0) is 11.2 Å². The molecule has 0 bridgehead atoms. The molecule has 0 heterocycles. The Morgan fingerprint density at radius 1 is 1.29 bits per heavy atom. The van der Waals surface area contributed by atoms with Gasteiger partial charge in [-0.3, -0.25) is 9.59 Å². The average Bonchev–Trinajstić information content (AvgIpc) is 2.23. The van der Waals surface area contributed by atoms with Crippen molar-refractivity contribution in [2.24, 2.45) is 0 Å². The van der Waals surface area contributed by atoms with E-state index in [1.165, 1.54) is 11.8 Å². The van der Waals surface area contributed by atoms with Gasteiger partial charge in [-0.1, -0.05) is 24.3 Å². The van der Waals surface area contributed by atoms with Crippen molar-refractivity contribution in [2.45, 2.75) is 11.7 Å². The first-order valence-electron chi connectivity index (χ1n) is 4.43. The summed E-state index contributed by atoms with van der Waals surface area (Å²) in [7, 11) is 0. The fourth-order valence-corrected chi connectivity index (χ4v) is 2.35. The van der Waals surface area contributed by atoms with E-state index in [0.29, 0.717) is 12.0 Å². The van der Waals surface area contributed by atoms with Crippen LogP contribution in [0.1, 0.15) is 15.9 Å². The first-order valence-corrected chi connectivity index (χ1v) is 5.72. The van der Waals surface area contributed by atoms with Crippen LogP contribution in [0.3, 0.4) is 0 Å². The minimum Gasteiger partial charge on any atom is -0.289 e. The van der Waals surface area contributed by atoms with E-state index in [2.05, 4.69) is 0 Å². The first kappa shape index (κ1) is 9.46. The summed E-state index contributed by atoms with van der Waals surface area (Å²) >= 11 is 1.45. The lowest BCUT2D eigenvalue weighted by molar-refractivity contribution is -0.114. The largest absolute Gasteiger partial charge is 0.289 e. The number of hydrogen-bond donors (Lipinski definition) is 0. The molecule has 0 spiro atoms. The van der Waals surface area contributed by atoms with Gasteiger partial charge in [0.1, 0.15) is 0 Å². The van der Waals surface area contributed by atoms with E-state index in [0.717, 1.165) is 5.56 Å². The number of rotatable bonds is 1. The highest BCUT2D eigenvalue weighted by atomic mass is 32.2. The SMILES string of the molecule is CSC1Cc2ccccc2C(=O)C1=O. The summed E-state index contributed by atoms with van der Waals surface area (Å²) in [6.07, 6.45) is 2.55. The van der Waals surface area contributed by atoms with Crippen LogP contribution in [0.2, 0.25) is 0 Å². The molecule has 1 atom stereocenters. The minimum absolute atomic E-state index is 0.183. The molecule has 0 saturated heterocycles. The van der Waals surface area contributed by atoms with Gasteiger partial charge < -0.3 is 0 Å². The second-order valence-corrected chi connectivity index (χ2v) is 4.32. The van der Waals surface area contributed by atoms with Crippen LogP contribution in [0.4, 0.5) is 0 Å². The Labute approximate surface area is 86.7 Å². The topological polar surface area (TPSA) is 34.1 Å². The molecule has 2 nitrogen and oxygen atoms in total. The van der Waals surface area contributed by atoms with Crippen LogP contribution < -0.4 is 0 Å². The van der Waals surface area contributed by atoms with Crippen molar-refractivity contribution >= 4 is 23.3 Å². The third-order valence-electron chi connectivity index (χ3n) is 2.47. The molecule has 3 heteroatoms. The molecule has 1 aromatic carbocycles. The summed E-state index contributed by atoms with van der Waals surface area (Å²) in [4.78, 5) is 23.2. The second kappa shape index (κ2) is 3.58. The third kappa shape index (κ3) is 1.38. The van der Waals surface area contributed by atoms with Gasteiger partial charge in [0.05, 0.1) is 5.25 Å². The molecule has 1 aromatic rings. The number of hydrogen-bond acceptors (Lipinski definition) is 3. The molecule has 14 heavy (non-hydrogen) atoms. The van der Waals surface area contributed by atoms with E-state index in [9.17, 15) is 9.59 Å². The van der Waals surface area contributed by atoms with Crippen molar-refractivity contribution in [3.8, 4) is 0 Å². The quantitative estimate of drug-likeness (QED) is 0.656. The molecule has 1 aliphatic rings.